The molecule has 3 aromatic rings. The summed E-state index contributed by atoms with van der Waals surface area (Å²) in [5.74, 6) is 0.188. The Labute approximate surface area is 155 Å². The molecule has 1 saturated carbocycles. The summed E-state index contributed by atoms with van der Waals surface area (Å²) in [7, 11) is 0. The molecule has 1 aliphatic rings. The molecule has 26 heavy (non-hydrogen) atoms. The fourth-order valence-electron chi connectivity index (χ4n) is 3.86. The summed E-state index contributed by atoms with van der Waals surface area (Å²) in [6.07, 6.45) is 1.64. The van der Waals surface area contributed by atoms with Gasteiger partial charge in [-0.1, -0.05) is 96.1 Å². The van der Waals surface area contributed by atoms with Crippen LogP contribution < -0.4 is 0 Å². The maximum atomic E-state index is 11.0. The van der Waals surface area contributed by atoms with Crippen LogP contribution in [0, 0.1) is 12.8 Å². The summed E-state index contributed by atoms with van der Waals surface area (Å²) in [6, 6.07) is 29.4. The standard InChI is InChI=1S/C25H24O/c1-18-12-14-21(15-13-18)25(26)23-17-16-22(23)24(19-8-4-2-5-9-19)20-10-6-3-7-11-20/h2-15,23,25-26H,16-17H2,1H3/t23-,25-/m0/s1. The maximum Gasteiger partial charge on any atom is 0.0855 e. The van der Waals surface area contributed by atoms with E-state index in [2.05, 4.69) is 91.9 Å². The van der Waals surface area contributed by atoms with Gasteiger partial charge in [-0.2, -0.15) is 0 Å². The van der Waals surface area contributed by atoms with Gasteiger partial charge in [0.15, 0.2) is 0 Å². The Kier molecular flexibility index (Phi) is 4.73. The van der Waals surface area contributed by atoms with Crippen molar-refractivity contribution in [2.24, 2.45) is 5.92 Å². The highest BCUT2D eigenvalue weighted by atomic mass is 16.3. The van der Waals surface area contributed by atoms with Crippen LogP contribution >= 0.6 is 0 Å². The fraction of sp³-hybridized carbons (Fsp3) is 0.200. The molecule has 1 heteroatoms. The van der Waals surface area contributed by atoms with Crippen LogP contribution in [0.3, 0.4) is 0 Å². The van der Waals surface area contributed by atoms with E-state index in [-0.39, 0.29) is 5.92 Å². The Morgan fingerprint density at radius 1 is 0.808 bits per heavy atom. The number of aliphatic hydroxyl groups excluding tert-OH is 1. The van der Waals surface area contributed by atoms with Gasteiger partial charge in [0.2, 0.25) is 0 Å². The van der Waals surface area contributed by atoms with E-state index >= 15 is 0 Å². The van der Waals surface area contributed by atoms with Crippen LogP contribution in [0.25, 0.3) is 5.57 Å². The van der Waals surface area contributed by atoms with E-state index in [1.54, 1.807) is 0 Å². The molecule has 4 rings (SSSR count). The van der Waals surface area contributed by atoms with Crippen molar-refractivity contribution in [2.75, 3.05) is 0 Å². The lowest BCUT2D eigenvalue weighted by molar-refractivity contribution is 0.0996. The number of aliphatic hydroxyl groups is 1. The van der Waals surface area contributed by atoms with Gasteiger partial charge >= 0.3 is 0 Å². The van der Waals surface area contributed by atoms with Gasteiger partial charge in [-0.25, -0.2) is 0 Å². The van der Waals surface area contributed by atoms with Crippen molar-refractivity contribution in [3.63, 3.8) is 0 Å². The van der Waals surface area contributed by atoms with Gasteiger partial charge < -0.3 is 5.11 Å². The number of aryl methyl sites for hydroxylation is 1. The molecule has 0 heterocycles. The molecule has 0 spiro atoms. The van der Waals surface area contributed by atoms with Gasteiger partial charge in [0, 0.05) is 5.92 Å². The minimum absolute atomic E-state index is 0.188. The molecule has 0 radical (unpaired) electrons. The zero-order chi connectivity index (χ0) is 17.9. The summed E-state index contributed by atoms with van der Waals surface area (Å²) in [4.78, 5) is 0. The van der Waals surface area contributed by atoms with E-state index in [9.17, 15) is 5.11 Å². The molecule has 0 aliphatic heterocycles. The summed E-state index contributed by atoms with van der Waals surface area (Å²) >= 11 is 0. The number of rotatable bonds is 4. The highest BCUT2D eigenvalue weighted by Crippen LogP contribution is 2.47. The van der Waals surface area contributed by atoms with Crippen molar-refractivity contribution in [3.8, 4) is 0 Å². The molecular formula is C25H24O. The van der Waals surface area contributed by atoms with E-state index < -0.39 is 6.10 Å². The van der Waals surface area contributed by atoms with Crippen LogP contribution in [0.1, 0.15) is 41.2 Å². The molecule has 0 saturated heterocycles. The molecule has 0 bridgehead atoms. The van der Waals surface area contributed by atoms with Gasteiger partial charge in [0.25, 0.3) is 0 Å². The zero-order valence-electron chi connectivity index (χ0n) is 15.1. The van der Waals surface area contributed by atoms with Crippen LogP contribution in [0.4, 0.5) is 0 Å². The minimum atomic E-state index is -0.443. The minimum Gasteiger partial charge on any atom is -0.388 e. The number of hydrogen-bond donors (Lipinski definition) is 1. The molecule has 0 amide bonds. The van der Waals surface area contributed by atoms with E-state index in [1.165, 1.54) is 27.8 Å². The van der Waals surface area contributed by atoms with Crippen molar-refractivity contribution < 1.29 is 5.11 Å². The van der Waals surface area contributed by atoms with Gasteiger partial charge in [0.05, 0.1) is 6.10 Å². The monoisotopic (exact) mass is 340 g/mol. The van der Waals surface area contributed by atoms with Gasteiger partial charge in [0.1, 0.15) is 0 Å². The third-order valence-electron chi connectivity index (χ3n) is 5.42. The first kappa shape index (κ1) is 16.8. The second-order valence-corrected chi connectivity index (χ2v) is 7.13. The molecule has 1 N–H and O–H groups in total. The maximum absolute atomic E-state index is 11.0. The van der Waals surface area contributed by atoms with Crippen LogP contribution in [0.15, 0.2) is 90.5 Å². The van der Waals surface area contributed by atoms with E-state index in [0.717, 1.165) is 18.4 Å². The third-order valence-corrected chi connectivity index (χ3v) is 5.42. The molecule has 1 nitrogen and oxygen atoms in total. The van der Waals surface area contributed by atoms with Gasteiger partial charge in [-0.15, -0.1) is 0 Å². The van der Waals surface area contributed by atoms with Crippen molar-refractivity contribution in [2.45, 2.75) is 25.9 Å². The lowest BCUT2D eigenvalue weighted by Crippen LogP contribution is -2.25. The van der Waals surface area contributed by atoms with Crippen molar-refractivity contribution in [1.82, 2.24) is 0 Å². The molecule has 0 aromatic heterocycles. The number of benzene rings is 3. The van der Waals surface area contributed by atoms with Crippen molar-refractivity contribution >= 4 is 5.57 Å². The first-order chi connectivity index (χ1) is 12.7. The smallest absolute Gasteiger partial charge is 0.0855 e. The second kappa shape index (κ2) is 7.31. The van der Waals surface area contributed by atoms with Crippen LogP contribution in [0.2, 0.25) is 0 Å². The predicted molar refractivity (Wildman–Crippen MR) is 108 cm³/mol. The molecule has 130 valence electrons. The third kappa shape index (κ3) is 3.23. The average Bonchev–Trinajstić information content (AvgIpc) is 2.67. The van der Waals surface area contributed by atoms with Gasteiger partial charge in [-0.05, 0) is 42.0 Å². The second-order valence-electron chi connectivity index (χ2n) is 7.13. The molecular weight excluding hydrogens is 316 g/mol. The average molecular weight is 340 g/mol. The Balaban J connectivity index is 1.76. The molecule has 3 aromatic carbocycles. The van der Waals surface area contributed by atoms with Crippen LogP contribution in [-0.2, 0) is 0 Å². The molecule has 1 aliphatic carbocycles. The fourth-order valence-corrected chi connectivity index (χ4v) is 3.86. The first-order valence-corrected chi connectivity index (χ1v) is 9.32. The lowest BCUT2D eigenvalue weighted by atomic mass is 9.70. The number of hydrogen-bond acceptors (Lipinski definition) is 1. The van der Waals surface area contributed by atoms with Gasteiger partial charge in [-0.3, -0.25) is 0 Å². The van der Waals surface area contributed by atoms with E-state index in [4.69, 9.17) is 0 Å². The summed E-state index contributed by atoms with van der Waals surface area (Å²) in [5, 5.41) is 11.0. The van der Waals surface area contributed by atoms with Crippen molar-refractivity contribution in [3.05, 3.63) is 113 Å². The SMILES string of the molecule is Cc1ccc([C@H](O)[C@H]2CCC2=C(c2ccccc2)c2ccccc2)cc1. The normalized spacial score (nSPS) is 17.5. The summed E-state index contributed by atoms with van der Waals surface area (Å²) in [5.41, 5.74) is 7.35. The predicted octanol–water partition coefficient (Wildman–Crippen LogP) is 5.94. The summed E-state index contributed by atoms with van der Waals surface area (Å²) in [6.45, 7) is 2.08. The molecule has 2 atom stereocenters. The Morgan fingerprint density at radius 3 is 1.81 bits per heavy atom. The quantitative estimate of drug-likeness (QED) is 0.623. The Bertz CT molecular complexity index is 850. The highest BCUT2D eigenvalue weighted by molar-refractivity contribution is 5.83. The molecule has 0 unspecified atom stereocenters. The topological polar surface area (TPSA) is 20.2 Å². The molecule has 1 fully saturated rings. The Hall–Kier alpha value is -2.64. The van der Waals surface area contributed by atoms with E-state index in [0.29, 0.717) is 0 Å². The van der Waals surface area contributed by atoms with E-state index in [1.807, 2.05) is 0 Å². The Morgan fingerprint density at radius 2 is 1.35 bits per heavy atom. The largest absolute Gasteiger partial charge is 0.388 e. The lowest BCUT2D eigenvalue weighted by Gasteiger charge is -2.37. The highest BCUT2D eigenvalue weighted by Gasteiger charge is 2.34. The van der Waals surface area contributed by atoms with Crippen LogP contribution in [0.5, 0.6) is 0 Å². The first-order valence-electron chi connectivity index (χ1n) is 9.32. The van der Waals surface area contributed by atoms with Crippen molar-refractivity contribution in [1.29, 1.82) is 0 Å². The summed E-state index contributed by atoms with van der Waals surface area (Å²) < 4.78 is 0. The zero-order valence-corrected chi connectivity index (χ0v) is 15.1. The van der Waals surface area contributed by atoms with Crippen LogP contribution in [-0.4, -0.2) is 5.11 Å².